The van der Waals surface area contributed by atoms with E-state index in [4.69, 9.17) is 11.6 Å². The van der Waals surface area contributed by atoms with Crippen molar-refractivity contribution in [3.63, 3.8) is 0 Å². The second-order valence-corrected chi connectivity index (χ2v) is 6.40. The molecule has 2 aromatic rings. The fourth-order valence-electron chi connectivity index (χ4n) is 3.16. The molecule has 1 saturated heterocycles. The molecule has 0 radical (unpaired) electrons. The molecule has 0 spiro atoms. The quantitative estimate of drug-likeness (QED) is 0.916. The molecule has 0 unspecified atom stereocenters. The van der Waals surface area contributed by atoms with Crippen LogP contribution in [0.15, 0.2) is 16.9 Å². The molecule has 1 aromatic carbocycles. The van der Waals surface area contributed by atoms with Crippen molar-refractivity contribution >= 4 is 22.5 Å². The molecule has 0 saturated carbocycles. The molecule has 3 nitrogen and oxygen atoms in total. The molecule has 0 amide bonds. The Bertz CT molecular complexity index is 730. The topological polar surface area (TPSA) is 36.1 Å². The minimum atomic E-state index is 0.145. The molecule has 1 fully saturated rings. The van der Waals surface area contributed by atoms with Crippen LogP contribution < -0.4 is 5.43 Å². The molecular weight excluding hydrogens is 284 g/mol. The molecule has 4 heteroatoms. The lowest BCUT2D eigenvalue weighted by Gasteiger charge is -2.26. The van der Waals surface area contributed by atoms with Gasteiger partial charge < -0.3 is 4.98 Å². The summed E-state index contributed by atoms with van der Waals surface area (Å²) in [6.45, 7) is 6.87. The van der Waals surface area contributed by atoms with Gasteiger partial charge in [-0.05, 0) is 57.5 Å². The van der Waals surface area contributed by atoms with E-state index in [1.165, 1.54) is 19.3 Å². The first-order chi connectivity index (χ1) is 10.1. The zero-order valence-corrected chi connectivity index (χ0v) is 13.4. The Morgan fingerprint density at radius 3 is 2.62 bits per heavy atom. The maximum absolute atomic E-state index is 12.8. The Hall–Kier alpha value is -1.32. The van der Waals surface area contributed by atoms with Gasteiger partial charge in [0.05, 0.1) is 5.52 Å². The first-order valence-corrected chi connectivity index (χ1v) is 7.98. The van der Waals surface area contributed by atoms with Crippen molar-refractivity contribution in [2.75, 3.05) is 13.1 Å². The normalized spacial score (nSPS) is 16.5. The average Bonchev–Trinajstić information content (AvgIpc) is 2.49. The Morgan fingerprint density at radius 2 is 1.90 bits per heavy atom. The summed E-state index contributed by atoms with van der Waals surface area (Å²) in [6.07, 6.45) is 3.78. The zero-order chi connectivity index (χ0) is 15.0. The number of aryl methyl sites for hydroxylation is 2. The van der Waals surface area contributed by atoms with Crippen molar-refractivity contribution in [3.8, 4) is 0 Å². The minimum absolute atomic E-state index is 0.145. The highest BCUT2D eigenvalue weighted by Gasteiger charge is 2.16. The molecule has 0 atom stereocenters. The molecule has 1 aromatic heterocycles. The largest absolute Gasteiger partial charge is 0.358 e. The number of fused-ring (bicyclic) bond motifs is 1. The molecule has 1 aliphatic rings. The third-order valence-corrected chi connectivity index (χ3v) is 4.92. The number of aromatic amines is 1. The number of hydrogen-bond acceptors (Lipinski definition) is 2. The Balaban J connectivity index is 2.07. The van der Waals surface area contributed by atoms with E-state index in [9.17, 15) is 4.79 Å². The lowest BCUT2D eigenvalue weighted by Crippen LogP contribution is -2.32. The van der Waals surface area contributed by atoms with Gasteiger partial charge in [-0.1, -0.05) is 18.0 Å². The molecule has 2 heterocycles. The van der Waals surface area contributed by atoms with Crippen LogP contribution in [0.4, 0.5) is 0 Å². The van der Waals surface area contributed by atoms with E-state index in [0.29, 0.717) is 5.02 Å². The monoisotopic (exact) mass is 304 g/mol. The van der Waals surface area contributed by atoms with E-state index in [2.05, 4.69) is 9.88 Å². The van der Waals surface area contributed by atoms with Crippen LogP contribution in [0.1, 0.15) is 36.1 Å². The number of halogens is 1. The van der Waals surface area contributed by atoms with Crippen LogP contribution in [0, 0.1) is 13.8 Å². The number of likely N-dealkylation sites (tertiary alicyclic amines) is 1. The molecule has 3 rings (SSSR count). The second kappa shape index (κ2) is 5.82. The van der Waals surface area contributed by atoms with Crippen molar-refractivity contribution in [2.24, 2.45) is 0 Å². The standard InChI is InChI=1S/C17H21ClN2O/c1-11-15(18)7-6-13-16(11)19-12(2)14(17(13)21)10-20-8-4-3-5-9-20/h6-7H,3-5,8-10H2,1-2H3,(H,19,21). The predicted molar refractivity (Wildman–Crippen MR) is 88.2 cm³/mol. The van der Waals surface area contributed by atoms with Gasteiger partial charge in [0.15, 0.2) is 5.43 Å². The number of aromatic nitrogens is 1. The van der Waals surface area contributed by atoms with Crippen LogP contribution in [0.2, 0.25) is 5.02 Å². The molecule has 0 bridgehead atoms. The van der Waals surface area contributed by atoms with Gasteiger partial charge in [0.2, 0.25) is 0 Å². The van der Waals surface area contributed by atoms with E-state index in [-0.39, 0.29) is 5.43 Å². The van der Waals surface area contributed by atoms with Crippen molar-refractivity contribution < 1.29 is 0 Å². The van der Waals surface area contributed by atoms with Gasteiger partial charge in [0.1, 0.15) is 0 Å². The first-order valence-electron chi connectivity index (χ1n) is 7.61. The summed E-state index contributed by atoms with van der Waals surface area (Å²) in [7, 11) is 0. The van der Waals surface area contributed by atoms with Gasteiger partial charge in [-0.2, -0.15) is 0 Å². The average molecular weight is 305 g/mol. The molecule has 1 N–H and O–H groups in total. The first kappa shape index (κ1) is 14.6. The van der Waals surface area contributed by atoms with Crippen LogP contribution in [0.25, 0.3) is 10.9 Å². The summed E-state index contributed by atoms with van der Waals surface area (Å²) in [4.78, 5) is 18.6. The van der Waals surface area contributed by atoms with Crippen LogP contribution in [-0.4, -0.2) is 23.0 Å². The third-order valence-electron chi connectivity index (χ3n) is 4.51. The van der Waals surface area contributed by atoms with E-state index in [1.807, 2.05) is 26.0 Å². The third kappa shape index (κ3) is 2.72. The lowest BCUT2D eigenvalue weighted by atomic mass is 10.0. The van der Waals surface area contributed by atoms with E-state index in [1.54, 1.807) is 0 Å². The maximum atomic E-state index is 12.8. The van der Waals surface area contributed by atoms with Gasteiger partial charge in [0, 0.05) is 28.2 Å². The van der Waals surface area contributed by atoms with Gasteiger partial charge >= 0.3 is 0 Å². The number of nitrogens with one attached hydrogen (secondary N) is 1. The summed E-state index contributed by atoms with van der Waals surface area (Å²) >= 11 is 6.16. The maximum Gasteiger partial charge on any atom is 0.194 e. The highest BCUT2D eigenvalue weighted by molar-refractivity contribution is 6.32. The van der Waals surface area contributed by atoms with Crippen molar-refractivity contribution in [1.82, 2.24) is 9.88 Å². The van der Waals surface area contributed by atoms with Crippen molar-refractivity contribution in [1.29, 1.82) is 0 Å². The Kier molecular flexibility index (Phi) is 4.05. The summed E-state index contributed by atoms with van der Waals surface area (Å²) in [5, 5.41) is 1.44. The van der Waals surface area contributed by atoms with Gasteiger partial charge in [-0.15, -0.1) is 0 Å². The fraction of sp³-hybridized carbons (Fsp3) is 0.471. The van der Waals surface area contributed by atoms with Crippen molar-refractivity contribution in [2.45, 2.75) is 39.7 Å². The highest BCUT2D eigenvalue weighted by Crippen LogP contribution is 2.23. The number of piperidine rings is 1. The minimum Gasteiger partial charge on any atom is -0.358 e. The van der Waals surface area contributed by atoms with Gasteiger partial charge in [-0.25, -0.2) is 0 Å². The lowest BCUT2D eigenvalue weighted by molar-refractivity contribution is 0.220. The van der Waals surface area contributed by atoms with Crippen LogP contribution in [0.3, 0.4) is 0 Å². The summed E-state index contributed by atoms with van der Waals surface area (Å²) < 4.78 is 0. The summed E-state index contributed by atoms with van der Waals surface area (Å²) in [5.41, 5.74) is 3.81. The molecule has 1 aliphatic heterocycles. The molecule has 21 heavy (non-hydrogen) atoms. The van der Waals surface area contributed by atoms with Crippen molar-refractivity contribution in [3.05, 3.63) is 44.2 Å². The van der Waals surface area contributed by atoms with Crippen LogP contribution >= 0.6 is 11.6 Å². The molecular formula is C17H21ClN2O. The number of pyridine rings is 1. The number of nitrogens with zero attached hydrogens (tertiary/aromatic N) is 1. The van der Waals surface area contributed by atoms with Crippen LogP contribution in [-0.2, 0) is 6.54 Å². The molecule has 0 aliphatic carbocycles. The number of rotatable bonds is 2. The number of H-pyrrole nitrogens is 1. The Morgan fingerprint density at radius 1 is 1.19 bits per heavy atom. The molecule has 112 valence electrons. The zero-order valence-electron chi connectivity index (χ0n) is 12.6. The smallest absolute Gasteiger partial charge is 0.194 e. The van der Waals surface area contributed by atoms with E-state index >= 15 is 0 Å². The summed E-state index contributed by atoms with van der Waals surface area (Å²) in [5.74, 6) is 0. The van der Waals surface area contributed by atoms with E-state index in [0.717, 1.165) is 47.4 Å². The second-order valence-electron chi connectivity index (χ2n) is 5.99. The number of hydrogen-bond donors (Lipinski definition) is 1. The van der Waals surface area contributed by atoms with E-state index < -0.39 is 0 Å². The SMILES string of the molecule is Cc1[nH]c2c(C)c(Cl)ccc2c(=O)c1CN1CCCCC1. The number of benzene rings is 1. The highest BCUT2D eigenvalue weighted by atomic mass is 35.5. The Labute approximate surface area is 129 Å². The summed E-state index contributed by atoms with van der Waals surface area (Å²) in [6, 6.07) is 3.65. The predicted octanol–water partition coefficient (Wildman–Crippen LogP) is 3.78. The van der Waals surface area contributed by atoms with Gasteiger partial charge in [0.25, 0.3) is 0 Å². The fourth-order valence-corrected chi connectivity index (χ4v) is 3.32. The van der Waals surface area contributed by atoms with Crippen LogP contribution in [0.5, 0.6) is 0 Å². The van der Waals surface area contributed by atoms with Gasteiger partial charge in [-0.3, -0.25) is 9.69 Å².